The molecule has 0 unspecified atom stereocenters. The first-order chi connectivity index (χ1) is 8.13. The van der Waals surface area contributed by atoms with Crippen LogP contribution in [0.2, 0.25) is 0 Å². The maximum atomic E-state index is 13.9. The molecule has 1 N–H and O–H groups in total. The van der Waals surface area contributed by atoms with E-state index in [-0.39, 0.29) is 11.6 Å². The molecule has 0 aromatic heterocycles. The Morgan fingerprint density at radius 3 is 2.29 bits per heavy atom. The number of anilines is 1. The van der Waals surface area contributed by atoms with Crippen molar-refractivity contribution >= 4 is 5.69 Å². The molecule has 94 valence electrons. The van der Waals surface area contributed by atoms with Crippen molar-refractivity contribution in [1.82, 2.24) is 0 Å². The molecule has 3 heteroatoms. The third-order valence-corrected chi connectivity index (χ3v) is 3.84. The molecular formula is C14H19F2N. The summed E-state index contributed by atoms with van der Waals surface area (Å²) in [6.07, 6.45) is 4.16. The average molecular weight is 239 g/mol. The smallest absolute Gasteiger partial charge is 0.182 e. The first kappa shape index (κ1) is 12.3. The van der Waals surface area contributed by atoms with E-state index >= 15 is 0 Å². The van der Waals surface area contributed by atoms with Gasteiger partial charge in [0.05, 0.1) is 5.69 Å². The molecule has 0 atom stereocenters. The molecule has 1 saturated carbocycles. The summed E-state index contributed by atoms with van der Waals surface area (Å²) in [6, 6.07) is 3.36. The van der Waals surface area contributed by atoms with Gasteiger partial charge in [-0.15, -0.1) is 0 Å². The van der Waals surface area contributed by atoms with E-state index in [0.29, 0.717) is 5.56 Å². The molecule has 0 bridgehead atoms. The van der Waals surface area contributed by atoms with E-state index in [2.05, 4.69) is 12.2 Å². The Bertz CT molecular complexity index is 395. The minimum Gasteiger partial charge on any atom is -0.386 e. The summed E-state index contributed by atoms with van der Waals surface area (Å²) < 4.78 is 27.6. The lowest BCUT2D eigenvalue weighted by molar-refractivity contribution is 0.339. The molecule has 1 aliphatic rings. The van der Waals surface area contributed by atoms with Gasteiger partial charge in [0, 0.05) is 7.05 Å². The van der Waals surface area contributed by atoms with Gasteiger partial charge in [0.2, 0.25) is 0 Å². The van der Waals surface area contributed by atoms with Crippen LogP contribution >= 0.6 is 0 Å². The van der Waals surface area contributed by atoms with Gasteiger partial charge >= 0.3 is 0 Å². The maximum Gasteiger partial charge on any atom is 0.182 e. The average Bonchev–Trinajstić information content (AvgIpc) is 2.34. The van der Waals surface area contributed by atoms with Gasteiger partial charge in [-0.05, 0) is 36.3 Å². The van der Waals surface area contributed by atoms with E-state index in [0.717, 1.165) is 31.6 Å². The molecule has 0 heterocycles. The number of hydrogen-bond donors (Lipinski definition) is 1. The lowest BCUT2D eigenvalue weighted by atomic mass is 9.79. The van der Waals surface area contributed by atoms with E-state index < -0.39 is 11.6 Å². The van der Waals surface area contributed by atoms with Crippen molar-refractivity contribution < 1.29 is 8.78 Å². The largest absolute Gasteiger partial charge is 0.386 e. The Balaban J connectivity index is 2.24. The van der Waals surface area contributed by atoms with Crippen LogP contribution in [-0.2, 0) is 0 Å². The van der Waals surface area contributed by atoms with Crippen molar-refractivity contribution in [2.75, 3.05) is 12.4 Å². The molecule has 1 fully saturated rings. The molecule has 0 spiro atoms. The number of halogens is 2. The van der Waals surface area contributed by atoms with Gasteiger partial charge in [0.15, 0.2) is 11.6 Å². The van der Waals surface area contributed by atoms with Crippen LogP contribution in [0.25, 0.3) is 0 Å². The van der Waals surface area contributed by atoms with E-state index in [1.165, 1.54) is 0 Å². The van der Waals surface area contributed by atoms with Crippen molar-refractivity contribution in [3.05, 3.63) is 29.3 Å². The molecular weight excluding hydrogens is 220 g/mol. The van der Waals surface area contributed by atoms with Crippen molar-refractivity contribution in [3.8, 4) is 0 Å². The first-order valence-electron chi connectivity index (χ1n) is 6.29. The zero-order valence-corrected chi connectivity index (χ0v) is 10.4. The fraction of sp³-hybridized carbons (Fsp3) is 0.571. The quantitative estimate of drug-likeness (QED) is 0.811. The standard InChI is InChI=1S/C14H19F2N/c1-9-3-5-10(6-4-9)11-7-8-12(17-2)14(16)13(11)15/h7-10,17H,3-6H2,1-2H3. The first-order valence-corrected chi connectivity index (χ1v) is 6.29. The highest BCUT2D eigenvalue weighted by Gasteiger charge is 2.24. The topological polar surface area (TPSA) is 12.0 Å². The summed E-state index contributed by atoms with van der Waals surface area (Å²) in [5.41, 5.74) is 0.781. The Kier molecular flexibility index (Phi) is 3.65. The predicted molar refractivity (Wildman–Crippen MR) is 66.3 cm³/mol. The second kappa shape index (κ2) is 5.03. The monoisotopic (exact) mass is 239 g/mol. The van der Waals surface area contributed by atoms with E-state index in [1.807, 2.05) is 0 Å². The summed E-state index contributed by atoms with van der Waals surface area (Å²) in [7, 11) is 1.60. The number of rotatable bonds is 2. The van der Waals surface area contributed by atoms with Crippen molar-refractivity contribution in [2.24, 2.45) is 5.92 Å². The molecule has 0 amide bonds. The minimum absolute atomic E-state index is 0.187. The fourth-order valence-corrected chi connectivity index (χ4v) is 2.64. The summed E-state index contributed by atoms with van der Waals surface area (Å²) >= 11 is 0. The Morgan fingerprint density at radius 1 is 1.06 bits per heavy atom. The Labute approximate surface area is 101 Å². The number of hydrogen-bond acceptors (Lipinski definition) is 1. The second-order valence-corrected chi connectivity index (χ2v) is 5.04. The molecule has 0 saturated heterocycles. The molecule has 1 nitrogen and oxygen atoms in total. The van der Waals surface area contributed by atoms with E-state index in [9.17, 15) is 8.78 Å². The summed E-state index contributed by atoms with van der Waals surface area (Å²) in [4.78, 5) is 0. The van der Waals surface area contributed by atoms with Gasteiger partial charge in [0.25, 0.3) is 0 Å². The van der Waals surface area contributed by atoms with Crippen molar-refractivity contribution in [3.63, 3.8) is 0 Å². The van der Waals surface area contributed by atoms with Gasteiger partial charge in [-0.1, -0.05) is 25.8 Å². The highest BCUT2D eigenvalue weighted by Crippen LogP contribution is 2.37. The highest BCUT2D eigenvalue weighted by molar-refractivity contribution is 5.47. The zero-order chi connectivity index (χ0) is 12.4. The molecule has 2 rings (SSSR count). The van der Waals surface area contributed by atoms with Crippen LogP contribution < -0.4 is 5.32 Å². The molecule has 0 radical (unpaired) electrons. The van der Waals surface area contributed by atoms with Crippen LogP contribution in [0.4, 0.5) is 14.5 Å². The lowest BCUT2D eigenvalue weighted by Crippen LogP contribution is -2.13. The SMILES string of the molecule is CNc1ccc(C2CCC(C)CC2)c(F)c1F. The summed E-state index contributed by atoms with van der Waals surface area (Å²) in [5.74, 6) is -0.512. The molecule has 17 heavy (non-hydrogen) atoms. The third-order valence-electron chi connectivity index (χ3n) is 3.84. The molecule has 1 aromatic rings. The normalized spacial score (nSPS) is 24.7. The zero-order valence-electron chi connectivity index (χ0n) is 10.4. The lowest BCUT2D eigenvalue weighted by Gasteiger charge is -2.27. The van der Waals surface area contributed by atoms with Gasteiger partial charge in [-0.2, -0.15) is 0 Å². The maximum absolute atomic E-state index is 13.9. The van der Waals surface area contributed by atoms with Crippen LogP contribution in [0.1, 0.15) is 44.1 Å². The third kappa shape index (κ3) is 2.43. The fourth-order valence-electron chi connectivity index (χ4n) is 2.64. The van der Waals surface area contributed by atoms with Gasteiger partial charge < -0.3 is 5.32 Å². The van der Waals surface area contributed by atoms with E-state index in [4.69, 9.17) is 0 Å². The van der Waals surface area contributed by atoms with Gasteiger partial charge in [-0.25, -0.2) is 8.78 Å². The van der Waals surface area contributed by atoms with Crippen LogP contribution in [0.3, 0.4) is 0 Å². The molecule has 1 aromatic carbocycles. The van der Waals surface area contributed by atoms with Crippen LogP contribution in [0, 0.1) is 17.6 Å². The van der Waals surface area contributed by atoms with Crippen LogP contribution in [0.15, 0.2) is 12.1 Å². The highest BCUT2D eigenvalue weighted by atomic mass is 19.2. The second-order valence-electron chi connectivity index (χ2n) is 5.04. The van der Waals surface area contributed by atoms with Crippen LogP contribution in [0.5, 0.6) is 0 Å². The van der Waals surface area contributed by atoms with Crippen molar-refractivity contribution in [1.29, 1.82) is 0 Å². The Morgan fingerprint density at radius 2 is 1.71 bits per heavy atom. The van der Waals surface area contributed by atoms with Gasteiger partial charge in [0.1, 0.15) is 0 Å². The summed E-state index contributed by atoms with van der Waals surface area (Å²) in [5, 5.41) is 2.66. The van der Waals surface area contributed by atoms with Crippen molar-refractivity contribution in [2.45, 2.75) is 38.5 Å². The predicted octanol–water partition coefficient (Wildman–Crippen LogP) is 4.30. The molecule has 0 aliphatic heterocycles. The van der Waals surface area contributed by atoms with E-state index in [1.54, 1.807) is 19.2 Å². The number of benzene rings is 1. The number of nitrogens with one attached hydrogen (secondary N) is 1. The molecule has 1 aliphatic carbocycles. The Hall–Kier alpha value is -1.12. The van der Waals surface area contributed by atoms with Gasteiger partial charge in [-0.3, -0.25) is 0 Å². The van der Waals surface area contributed by atoms with Crippen LogP contribution in [-0.4, -0.2) is 7.05 Å². The summed E-state index contributed by atoms with van der Waals surface area (Å²) in [6.45, 7) is 2.22. The minimum atomic E-state index is -0.747.